The van der Waals surface area contributed by atoms with Gasteiger partial charge in [0.15, 0.2) is 16.7 Å². The molecule has 0 N–H and O–H groups in total. The van der Waals surface area contributed by atoms with Crippen LogP contribution in [0, 0.1) is 5.82 Å². The lowest BCUT2D eigenvalue weighted by molar-refractivity contribution is -0.128. The molecule has 4 rings (SSSR count). The van der Waals surface area contributed by atoms with E-state index < -0.39 is 0 Å². The van der Waals surface area contributed by atoms with Gasteiger partial charge in [-0.2, -0.15) is 0 Å². The molecule has 3 aromatic rings. The number of carbonyl (C=O) groups excluding carboxylic acids is 1. The number of nitrogens with zero attached hydrogens (tertiary/aromatic N) is 5. The summed E-state index contributed by atoms with van der Waals surface area (Å²) in [6, 6.07) is 10.3. The highest BCUT2D eigenvalue weighted by molar-refractivity contribution is 7.99. The molecule has 1 aromatic carbocycles. The molecule has 146 valence electrons. The molecule has 1 fully saturated rings. The van der Waals surface area contributed by atoms with Gasteiger partial charge in [-0.25, -0.2) is 4.39 Å². The van der Waals surface area contributed by atoms with E-state index in [9.17, 15) is 9.18 Å². The fourth-order valence-corrected chi connectivity index (χ4v) is 4.00. The summed E-state index contributed by atoms with van der Waals surface area (Å²) < 4.78 is 21.1. The van der Waals surface area contributed by atoms with E-state index in [-0.39, 0.29) is 17.5 Å². The first-order chi connectivity index (χ1) is 13.6. The fraction of sp³-hybridized carbons (Fsp3) is 0.316. The molecule has 0 unspecified atom stereocenters. The van der Waals surface area contributed by atoms with E-state index in [4.69, 9.17) is 4.42 Å². The number of anilines is 1. The number of halogens is 1. The van der Waals surface area contributed by atoms with Crippen LogP contribution < -0.4 is 4.90 Å². The van der Waals surface area contributed by atoms with Gasteiger partial charge in [-0.1, -0.05) is 23.9 Å². The van der Waals surface area contributed by atoms with Crippen molar-refractivity contribution in [1.29, 1.82) is 0 Å². The van der Waals surface area contributed by atoms with Crippen molar-refractivity contribution in [2.45, 2.75) is 5.16 Å². The quantitative estimate of drug-likeness (QED) is 0.613. The van der Waals surface area contributed by atoms with Crippen molar-refractivity contribution in [3.8, 4) is 11.6 Å². The minimum atomic E-state index is -0.229. The molecule has 0 radical (unpaired) electrons. The maximum absolute atomic E-state index is 13.9. The summed E-state index contributed by atoms with van der Waals surface area (Å²) in [5, 5.41) is 8.93. The topological polar surface area (TPSA) is 67.4 Å². The third kappa shape index (κ3) is 3.75. The number of hydrogen-bond acceptors (Lipinski definition) is 6. The van der Waals surface area contributed by atoms with Gasteiger partial charge in [0.05, 0.1) is 17.7 Å². The van der Waals surface area contributed by atoms with Crippen molar-refractivity contribution < 1.29 is 13.6 Å². The monoisotopic (exact) mass is 401 g/mol. The Morgan fingerprint density at radius 3 is 2.64 bits per heavy atom. The number of furan rings is 1. The highest BCUT2D eigenvalue weighted by Crippen LogP contribution is 2.24. The molecule has 2 aromatic heterocycles. The Labute approximate surface area is 166 Å². The van der Waals surface area contributed by atoms with E-state index in [1.165, 1.54) is 17.8 Å². The zero-order valence-electron chi connectivity index (χ0n) is 15.4. The van der Waals surface area contributed by atoms with Crippen molar-refractivity contribution in [2.24, 2.45) is 7.05 Å². The van der Waals surface area contributed by atoms with E-state index in [0.29, 0.717) is 48.6 Å². The van der Waals surface area contributed by atoms with Crippen LogP contribution in [0.15, 0.2) is 52.2 Å². The Bertz CT molecular complexity index is 951. The predicted molar refractivity (Wildman–Crippen MR) is 105 cm³/mol. The molecular formula is C19H20FN5O2S. The highest BCUT2D eigenvalue weighted by Gasteiger charge is 2.23. The fourth-order valence-electron chi connectivity index (χ4n) is 3.18. The Balaban J connectivity index is 1.31. The van der Waals surface area contributed by atoms with Crippen LogP contribution in [0.5, 0.6) is 0 Å². The summed E-state index contributed by atoms with van der Waals surface area (Å²) in [6.45, 7) is 2.38. The number of piperazine rings is 1. The van der Waals surface area contributed by atoms with Crippen LogP contribution in [-0.2, 0) is 11.8 Å². The first kappa shape index (κ1) is 18.5. The Morgan fingerprint density at radius 1 is 1.14 bits per heavy atom. The van der Waals surface area contributed by atoms with Crippen molar-refractivity contribution in [3.05, 3.63) is 48.5 Å². The number of thioether (sulfide) groups is 1. The second kappa shape index (κ2) is 8.05. The summed E-state index contributed by atoms with van der Waals surface area (Å²) in [4.78, 5) is 16.4. The van der Waals surface area contributed by atoms with Gasteiger partial charge in [0.1, 0.15) is 5.82 Å². The van der Waals surface area contributed by atoms with E-state index in [2.05, 4.69) is 10.2 Å². The molecular weight excluding hydrogens is 381 g/mol. The van der Waals surface area contributed by atoms with E-state index in [0.717, 1.165) is 0 Å². The van der Waals surface area contributed by atoms with E-state index in [1.807, 2.05) is 33.5 Å². The maximum Gasteiger partial charge on any atom is 0.233 e. The average molecular weight is 401 g/mol. The third-order valence-electron chi connectivity index (χ3n) is 4.73. The molecule has 3 heterocycles. The molecule has 1 amide bonds. The van der Waals surface area contributed by atoms with E-state index >= 15 is 0 Å². The van der Waals surface area contributed by atoms with Crippen LogP contribution in [0.25, 0.3) is 11.6 Å². The summed E-state index contributed by atoms with van der Waals surface area (Å²) in [5.41, 5.74) is 0.591. The zero-order chi connectivity index (χ0) is 19.5. The number of benzene rings is 1. The second-order valence-electron chi connectivity index (χ2n) is 6.45. The third-order valence-corrected chi connectivity index (χ3v) is 5.73. The number of hydrogen-bond donors (Lipinski definition) is 0. The molecule has 1 aliphatic rings. The molecule has 9 heteroatoms. The summed E-state index contributed by atoms with van der Waals surface area (Å²) in [7, 11) is 1.85. The minimum Gasteiger partial charge on any atom is -0.461 e. The van der Waals surface area contributed by atoms with Gasteiger partial charge in [-0.15, -0.1) is 10.2 Å². The standard InChI is InChI=1S/C19H20FN5O2S/c1-23-18(16-7-4-12-27-16)21-22-19(23)28-13-17(26)25-10-8-24(9-11-25)15-6-3-2-5-14(15)20/h2-7,12H,8-11,13H2,1H3. The predicted octanol–water partition coefficient (Wildman–Crippen LogP) is 2.66. The smallest absolute Gasteiger partial charge is 0.233 e. The minimum absolute atomic E-state index is 0.0423. The Morgan fingerprint density at radius 2 is 1.93 bits per heavy atom. The Hall–Kier alpha value is -2.81. The van der Waals surface area contributed by atoms with Crippen molar-refractivity contribution in [3.63, 3.8) is 0 Å². The van der Waals surface area contributed by atoms with Crippen LogP contribution in [-0.4, -0.2) is 57.5 Å². The number of amides is 1. The first-order valence-corrected chi connectivity index (χ1v) is 9.95. The average Bonchev–Trinajstić information content (AvgIpc) is 3.36. The summed E-state index contributed by atoms with van der Waals surface area (Å²) >= 11 is 1.35. The van der Waals surface area contributed by atoms with Gasteiger partial charge < -0.3 is 18.8 Å². The molecule has 1 aliphatic heterocycles. The lowest BCUT2D eigenvalue weighted by atomic mass is 10.2. The summed E-state index contributed by atoms with van der Waals surface area (Å²) in [6.07, 6.45) is 1.58. The van der Waals surface area contributed by atoms with E-state index in [1.54, 1.807) is 24.5 Å². The molecule has 0 atom stereocenters. The maximum atomic E-state index is 13.9. The van der Waals surface area contributed by atoms with Crippen LogP contribution in [0.4, 0.5) is 10.1 Å². The normalized spacial score (nSPS) is 14.5. The number of para-hydroxylation sites is 1. The van der Waals surface area contributed by atoms with Gasteiger partial charge in [-0.05, 0) is 24.3 Å². The molecule has 0 saturated carbocycles. The molecule has 7 nitrogen and oxygen atoms in total. The van der Waals surface area contributed by atoms with Crippen molar-refractivity contribution >= 4 is 23.4 Å². The van der Waals surface area contributed by atoms with Crippen LogP contribution >= 0.6 is 11.8 Å². The van der Waals surface area contributed by atoms with Gasteiger partial charge in [-0.3, -0.25) is 4.79 Å². The molecule has 0 bridgehead atoms. The highest BCUT2D eigenvalue weighted by atomic mass is 32.2. The van der Waals surface area contributed by atoms with Gasteiger partial charge in [0.25, 0.3) is 0 Å². The number of aromatic nitrogens is 3. The first-order valence-electron chi connectivity index (χ1n) is 8.97. The number of carbonyl (C=O) groups is 1. The molecule has 0 aliphatic carbocycles. The number of rotatable bonds is 5. The molecule has 28 heavy (non-hydrogen) atoms. The van der Waals surface area contributed by atoms with Crippen molar-refractivity contribution in [1.82, 2.24) is 19.7 Å². The van der Waals surface area contributed by atoms with Crippen LogP contribution in [0.2, 0.25) is 0 Å². The second-order valence-corrected chi connectivity index (χ2v) is 7.39. The zero-order valence-corrected chi connectivity index (χ0v) is 16.2. The van der Waals surface area contributed by atoms with Gasteiger partial charge >= 0.3 is 0 Å². The largest absolute Gasteiger partial charge is 0.461 e. The Kier molecular flexibility index (Phi) is 5.34. The lowest BCUT2D eigenvalue weighted by Gasteiger charge is -2.36. The van der Waals surface area contributed by atoms with Gasteiger partial charge in [0, 0.05) is 33.2 Å². The molecule has 1 saturated heterocycles. The summed E-state index contributed by atoms with van der Waals surface area (Å²) in [5.74, 6) is 1.35. The van der Waals surface area contributed by atoms with Crippen LogP contribution in [0.1, 0.15) is 0 Å². The molecule has 0 spiro atoms. The SMILES string of the molecule is Cn1c(SCC(=O)N2CCN(c3ccccc3F)CC2)nnc1-c1ccco1. The van der Waals surface area contributed by atoms with Crippen LogP contribution in [0.3, 0.4) is 0 Å². The lowest BCUT2D eigenvalue weighted by Crippen LogP contribution is -2.49. The van der Waals surface area contributed by atoms with Crippen molar-refractivity contribution in [2.75, 3.05) is 36.8 Å². The van der Waals surface area contributed by atoms with Gasteiger partial charge in [0.2, 0.25) is 5.91 Å².